The van der Waals surface area contributed by atoms with Gasteiger partial charge in [0.15, 0.2) is 5.78 Å². The third kappa shape index (κ3) is 18.7. The van der Waals surface area contributed by atoms with Crippen LogP contribution in [-0.2, 0) is 22.6 Å². The molecule has 5 aromatic carbocycles. The molecule has 2 saturated heterocycles. The Labute approximate surface area is 476 Å². The van der Waals surface area contributed by atoms with Crippen molar-refractivity contribution in [3.63, 3.8) is 0 Å². The monoisotopic (exact) mass is 1070 g/mol. The zero-order valence-electron chi connectivity index (χ0n) is 50.5. The normalized spacial score (nSPS) is 17.7. The first kappa shape index (κ1) is 60.9. The number of benzene rings is 5. The van der Waals surface area contributed by atoms with Gasteiger partial charge in [0.2, 0.25) is 0 Å². The fourth-order valence-corrected chi connectivity index (χ4v) is 12.1. The highest BCUT2D eigenvalue weighted by Crippen LogP contribution is 2.41. The number of ketones is 1. The summed E-state index contributed by atoms with van der Waals surface area (Å²) in [7, 11) is 2.42. The number of carbonyl (C=O) groups is 3. The Morgan fingerprint density at radius 3 is 1.38 bits per heavy atom. The second-order valence-corrected chi connectivity index (χ2v) is 26.8. The first-order chi connectivity index (χ1) is 37.5. The molecule has 0 aliphatic carbocycles. The average molecular weight is 1070 g/mol. The first-order valence-corrected chi connectivity index (χ1v) is 30.3. The molecule has 5 aromatic rings. The standard InChI is InChI=1S/C68H96B2N4O5/c1-49(75)50-32-33-57-58(42-50)60(46-74(41-25-15-13-23-39-72-64(77)79-66(5,6)7)44-52-27-17-19-29-54(52)62-35-37-68(10,11)48-70-62)56-31-21-20-30-55(56)59(57)45-73(40-24-14-12-22-38-71-63(76)78-65(2,3)4)43-51-26-16-18-28-53(51)61-34-36-67(8,9)47-69-61/h16-21,26-33,42,45-46,61-62,69-70H,12-15,22-25,34-41,43-44,47-48H2,1-11H3,(H,71,76)(H,72,77). The van der Waals surface area contributed by atoms with Crippen LogP contribution < -0.4 is 21.1 Å². The molecule has 2 fully saturated rings. The van der Waals surface area contributed by atoms with Crippen LogP contribution in [0.1, 0.15) is 197 Å². The summed E-state index contributed by atoms with van der Waals surface area (Å²) < 4.78 is 11.0. The Balaban J connectivity index is 1.27. The average Bonchev–Trinajstić information content (AvgIpc) is 3.48. The predicted molar refractivity (Wildman–Crippen MR) is 334 cm³/mol. The van der Waals surface area contributed by atoms with E-state index in [4.69, 9.17) is 9.47 Å². The van der Waals surface area contributed by atoms with Gasteiger partial charge in [-0.15, -0.1) is 0 Å². The zero-order valence-corrected chi connectivity index (χ0v) is 50.5. The Bertz CT molecular complexity index is 2950. The topological polar surface area (TPSA) is 100 Å². The maximum Gasteiger partial charge on any atom is 0.407 e. The van der Waals surface area contributed by atoms with E-state index >= 15 is 0 Å². The molecule has 0 saturated carbocycles. The Morgan fingerprint density at radius 1 is 0.557 bits per heavy atom. The zero-order chi connectivity index (χ0) is 56.8. The van der Waals surface area contributed by atoms with E-state index < -0.39 is 11.2 Å². The van der Waals surface area contributed by atoms with Gasteiger partial charge in [0.25, 0.3) is 0 Å². The van der Waals surface area contributed by atoms with Gasteiger partial charge in [-0.25, -0.2) is 9.59 Å². The molecular weight excluding hydrogens is 974 g/mol. The predicted octanol–water partition coefficient (Wildman–Crippen LogP) is 14.3. The highest BCUT2D eigenvalue weighted by atomic mass is 16.6. The van der Waals surface area contributed by atoms with Crippen LogP contribution in [0.2, 0.25) is 12.6 Å². The molecule has 11 heteroatoms. The summed E-state index contributed by atoms with van der Waals surface area (Å²) in [5.41, 5.74) is 6.20. The summed E-state index contributed by atoms with van der Waals surface area (Å²) >= 11 is 0. The summed E-state index contributed by atoms with van der Waals surface area (Å²) in [6.45, 7) is 27.2. The maximum absolute atomic E-state index is 13.4. The van der Waals surface area contributed by atoms with Crippen molar-refractivity contribution in [3.05, 3.63) is 129 Å². The van der Waals surface area contributed by atoms with E-state index in [9.17, 15) is 14.4 Å². The molecule has 7 rings (SSSR count). The molecule has 0 bridgehead atoms. The lowest BCUT2D eigenvalue weighted by molar-refractivity contribution is 0.0515. The minimum Gasteiger partial charge on any atom is -0.444 e. The fourth-order valence-electron chi connectivity index (χ4n) is 12.1. The molecule has 2 heterocycles. The van der Waals surface area contributed by atoms with Gasteiger partial charge in [-0.2, -0.15) is 0 Å². The highest BCUT2D eigenvalue weighted by molar-refractivity contribution is 6.39. The number of ether oxygens (including phenoxy) is 2. The van der Waals surface area contributed by atoms with Gasteiger partial charge in [0.05, 0.1) is 0 Å². The fraction of sp³-hybridized carbons (Fsp3) is 0.544. The van der Waals surface area contributed by atoms with Crippen molar-refractivity contribution in [2.24, 2.45) is 10.8 Å². The van der Waals surface area contributed by atoms with Crippen LogP contribution in [-0.4, -0.2) is 79.7 Å². The molecule has 424 valence electrons. The lowest BCUT2D eigenvalue weighted by atomic mass is 9.47. The summed E-state index contributed by atoms with van der Waals surface area (Å²) in [6, 6.07) is 33.6. The van der Waals surface area contributed by atoms with Crippen molar-refractivity contribution in [3.8, 4) is 0 Å². The Morgan fingerprint density at radius 2 is 0.962 bits per heavy atom. The summed E-state index contributed by atoms with van der Waals surface area (Å²) in [5, 5.41) is 12.8. The minimum atomic E-state index is -0.523. The van der Waals surface area contributed by atoms with Crippen LogP contribution in [0.4, 0.5) is 9.59 Å². The Kier molecular flexibility index (Phi) is 21.3. The Hall–Kier alpha value is -5.70. The van der Waals surface area contributed by atoms with Gasteiger partial charge in [-0.1, -0.05) is 164 Å². The van der Waals surface area contributed by atoms with Gasteiger partial charge in [0.1, 0.15) is 25.8 Å². The molecule has 2 N–H and O–H groups in total. The molecule has 2 atom stereocenters. The lowest BCUT2D eigenvalue weighted by Gasteiger charge is -2.35. The molecule has 79 heavy (non-hydrogen) atoms. The van der Waals surface area contributed by atoms with E-state index in [0.29, 0.717) is 41.1 Å². The number of Topliss-reactive ketones (excluding diaryl/α,β-unsaturated/α-hetero) is 1. The number of carbonyl (C=O) groups excluding carboxylic acids is 3. The van der Waals surface area contributed by atoms with E-state index in [1.54, 1.807) is 6.92 Å². The van der Waals surface area contributed by atoms with Gasteiger partial charge in [-0.3, -0.25) is 4.79 Å². The minimum absolute atomic E-state index is 0.0553. The van der Waals surface area contributed by atoms with Crippen molar-refractivity contribution in [1.82, 2.24) is 20.4 Å². The van der Waals surface area contributed by atoms with Crippen molar-refractivity contribution in [2.45, 2.75) is 202 Å². The number of nitrogens with zero attached hydrogens (tertiary/aromatic N) is 2. The molecule has 0 spiro atoms. The van der Waals surface area contributed by atoms with Crippen LogP contribution in [0.15, 0.2) is 91.0 Å². The molecule has 2 unspecified atom stereocenters. The third-order valence-corrected chi connectivity index (χ3v) is 16.6. The van der Waals surface area contributed by atoms with Crippen molar-refractivity contribution in [1.29, 1.82) is 0 Å². The maximum atomic E-state index is 13.4. The third-order valence-electron chi connectivity index (χ3n) is 16.6. The lowest BCUT2D eigenvalue weighted by Crippen LogP contribution is -2.33. The van der Waals surface area contributed by atoms with Crippen LogP contribution in [0.5, 0.6) is 0 Å². The van der Waals surface area contributed by atoms with Gasteiger partial charge in [0, 0.05) is 67.7 Å². The van der Waals surface area contributed by atoms with E-state index in [2.05, 4.69) is 145 Å². The van der Waals surface area contributed by atoms with E-state index in [1.165, 1.54) is 91.1 Å². The number of nitrogens with one attached hydrogen (secondary N) is 2. The van der Waals surface area contributed by atoms with E-state index in [0.717, 1.165) is 93.5 Å². The molecule has 0 aromatic heterocycles. The number of alkyl carbamates (subject to hydrolysis) is 2. The second kappa shape index (κ2) is 27.6. The van der Waals surface area contributed by atoms with Crippen LogP contribution in [0.3, 0.4) is 0 Å². The SMILES string of the molecule is CC(=O)c1ccc2c(=CN(CCCCCCNC(=O)OC(C)(C)C)Cc3ccccc3C3BCC(C)(C)CC3)c3ccccc3c(=CN(CCCCCCNC(=O)OC(C)(C)C)Cc3ccccc3C3BCC(C)(C)CC3)c2c1. The van der Waals surface area contributed by atoms with E-state index in [-0.39, 0.29) is 18.0 Å². The number of hydrogen-bond donors (Lipinski definition) is 2. The molecule has 2 aliphatic rings. The largest absolute Gasteiger partial charge is 0.444 e. The van der Waals surface area contributed by atoms with Crippen LogP contribution >= 0.6 is 0 Å². The van der Waals surface area contributed by atoms with Gasteiger partial charge < -0.3 is 29.9 Å². The number of amides is 2. The quantitative estimate of drug-likeness (QED) is 0.0291. The smallest absolute Gasteiger partial charge is 0.407 e. The number of hydrogen-bond acceptors (Lipinski definition) is 7. The van der Waals surface area contributed by atoms with E-state index in [1.807, 2.05) is 47.6 Å². The van der Waals surface area contributed by atoms with Gasteiger partial charge in [-0.05, 0) is 159 Å². The summed E-state index contributed by atoms with van der Waals surface area (Å²) in [6.07, 6.45) is 19.4. The number of fused-ring (bicyclic) bond motifs is 2. The molecule has 2 aliphatic heterocycles. The van der Waals surface area contributed by atoms with Crippen molar-refractivity contribution < 1.29 is 23.9 Å². The van der Waals surface area contributed by atoms with Crippen molar-refractivity contribution in [2.75, 3.05) is 26.2 Å². The molecule has 2 amide bonds. The molecule has 9 nitrogen and oxygen atoms in total. The number of rotatable bonds is 23. The molecule has 0 radical (unpaired) electrons. The summed E-state index contributed by atoms with van der Waals surface area (Å²) in [4.78, 5) is 43.2. The molecular formula is C68H96B2N4O5. The van der Waals surface area contributed by atoms with Gasteiger partial charge >= 0.3 is 12.2 Å². The van der Waals surface area contributed by atoms with Crippen LogP contribution in [0.25, 0.3) is 33.9 Å². The first-order valence-electron chi connectivity index (χ1n) is 30.3. The highest BCUT2D eigenvalue weighted by Gasteiger charge is 2.31. The summed E-state index contributed by atoms with van der Waals surface area (Å²) in [5.74, 6) is 1.15. The number of unbranched alkanes of at least 4 members (excludes halogenated alkanes) is 6. The van der Waals surface area contributed by atoms with Crippen molar-refractivity contribution >= 4 is 66.5 Å². The van der Waals surface area contributed by atoms with Crippen LogP contribution in [0, 0.1) is 10.8 Å². The second-order valence-electron chi connectivity index (χ2n) is 26.8.